The summed E-state index contributed by atoms with van der Waals surface area (Å²) < 4.78 is 9.48. The van der Waals surface area contributed by atoms with Gasteiger partial charge < -0.3 is 35.0 Å². The molecule has 1 rings (SSSR count). The van der Waals surface area contributed by atoms with Crippen LogP contribution in [-0.4, -0.2) is 74.3 Å². The number of aliphatic carboxylic acids is 1. The Morgan fingerprint density at radius 3 is 2.48 bits per heavy atom. The van der Waals surface area contributed by atoms with Crippen LogP contribution in [0.2, 0.25) is 0 Å². The fraction of sp³-hybridized carbons (Fsp3) is 0.833. The standard InChI is InChI=1S/C12H20O9/c1-5-7(14)3-12(19,11(17)18)21-10(5)9(16)8(15)4-20-6(2)13/h5,7-10,14-16,19H,3-4H2,1-2H3,(H,17,18). The average molecular weight is 308 g/mol. The molecule has 1 aliphatic heterocycles. The van der Waals surface area contributed by atoms with Crippen molar-refractivity contribution in [3.8, 4) is 0 Å². The summed E-state index contributed by atoms with van der Waals surface area (Å²) in [6.45, 7) is 2.06. The van der Waals surface area contributed by atoms with E-state index in [1.165, 1.54) is 6.92 Å². The molecular formula is C12H20O9. The summed E-state index contributed by atoms with van der Waals surface area (Å²) in [7, 11) is 0. The molecule has 0 aliphatic carbocycles. The first-order chi connectivity index (χ1) is 9.58. The zero-order chi connectivity index (χ0) is 16.4. The maximum Gasteiger partial charge on any atom is 0.364 e. The second-order valence-electron chi connectivity index (χ2n) is 5.16. The van der Waals surface area contributed by atoms with Gasteiger partial charge in [0.15, 0.2) is 0 Å². The van der Waals surface area contributed by atoms with Crippen LogP contribution in [0.4, 0.5) is 0 Å². The normalized spacial score (nSPS) is 35.8. The lowest BCUT2D eigenvalue weighted by molar-refractivity contribution is -0.302. The van der Waals surface area contributed by atoms with Crippen LogP contribution in [0, 0.1) is 5.92 Å². The van der Waals surface area contributed by atoms with Gasteiger partial charge in [-0.3, -0.25) is 4.79 Å². The summed E-state index contributed by atoms with van der Waals surface area (Å²) in [5, 5.41) is 48.2. The van der Waals surface area contributed by atoms with E-state index < -0.39 is 61.1 Å². The van der Waals surface area contributed by atoms with Crippen LogP contribution in [0.5, 0.6) is 0 Å². The van der Waals surface area contributed by atoms with Crippen LogP contribution >= 0.6 is 0 Å². The number of carbonyl (C=O) groups excluding carboxylic acids is 1. The molecule has 122 valence electrons. The monoisotopic (exact) mass is 308 g/mol. The van der Waals surface area contributed by atoms with Crippen LogP contribution in [-0.2, 0) is 19.1 Å². The lowest BCUT2D eigenvalue weighted by Crippen LogP contribution is -2.60. The third-order valence-corrected chi connectivity index (χ3v) is 3.46. The minimum absolute atomic E-state index is 0.523. The molecule has 6 atom stereocenters. The van der Waals surface area contributed by atoms with Crippen LogP contribution in [0.15, 0.2) is 0 Å². The number of carbonyl (C=O) groups is 2. The van der Waals surface area contributed by atoms with E-state index in [1.54, 1.807) is 0 Å². The Morgan fingerprint density at radius 1 is 1.43 bits per heavy atom. The molecule has 5 N–H and O–H groups in total. The van der Waals surface area contributed by atoms with Crippen molar-refractivity contribution in [2.45, 2.75) is 50.5 Å². The van der Waals surface area contributed by atoms with E-state index in [-0.39, 0.29) is 0 Å². The molecule has 0 aromatic carbocycles. The van der Waals surface area contributed by atoms with E-state index in [4.69, 9.17) is 9.84 Å². The zero-order valence-corrected chi connectivity index (χ0v) is 11.7. The van der Waals surface area contributed by atoms with Gasteiger partial charge >= 0.3 is 11.9 Å². The van der Waals surface area contributed by atoms with Crippen molar-refractivity contribution in [3.63, 3.8) is 0 Å². The molecule has 0 aromatic rings. The Bertz CT molecular complexity index is 398. The summed E-state index contributed by atoms with van der Waals surface area (Å²) in [5.74, 6) is -5.77. The lowest BCUT2D eigenvalue weighted by atomic mass is 9.85. The van der Waals surface area contributed by atoms with Crippen LogP contribution in [0.1, 0.15) is 20.3 Å². The first-order valence-corrected chi connectivity index (χ1v) is 6.39. The minimum Gasteiger partial charge on any atom is -0.477 e. The number of ether oxygens (including phenoxy) is 2. The van der Waals surface area contributed by atoms with Crippen LogP contribution in [0.25, 0.3) is 0 Å². The molecule has 21 heavy (non-hydrogen) atoms. The highest BCUT2D eigenvalue weighted by molar-refractivity contribution is 5.75. The maximum atomic E-state index is 11.0. The zero-order valence-electron chi connectivity index (χ0n) is 11.7. The van der Waals surface area contributed by atoms with Gasteiger partial charge in [0.05, 0.1) is 12.2 Å². The van der Waals surface area contributed by atoms with E-state index in [1.807, 2.05) is 0 Å². The third kappa shape index (κ3) is 4.11. The van der Waals surface area contributed by atoms with Crippen LogP contribution < -0.4 is 0 Å². The van der Waals surface area contributed by atoms with Gasteiger partial charge in [-0.1, -0.05) is 6.92 Å². The Hall–Kier alpha value is -1.26. The smallest absolute Gasteiger partial charge is 0.364 e. The number of hydrogen-bond donors (Lipinski definition) is 5. The number of rotatable bonds is 5. The SMILES string of the molecule is CC(=O)OCC(O)C(O)C1OC(O)(C(=O)O)CC(O)C1C. The quantitative estimate of drug-likeness (QED) is 0.357. The van der Waals surface area contributed by atoms with Crippen molar-refractivity contribution >= 4 is 11.9 Å². The van der Waals surface area contributed by atoms with Crippen molar-refractivity contribution in [2.24, 2.45) is 5.92 Å². The van der Waals surface area contributed by atoms with Crippen molar-refractivity contribution in [1.82, 2.24) is 0 Å². The number of aliphatic hydroxyl groups is 4. The summed E-state index contributed by atoms with van der Waals surface area (Å²) in [5.41, 5.74) is 0. The van der Waals surface area contributed by atoms with E-state index in [0.717, 1.165) is 6.92 Å². The molecular weight excluding hydrogens is 288 g/mol. The average Bonchev–Trinajstić information content (AvgIpc) is 2.39. The Kier molecular flexibility index (Phi) is 5.65. The van der Waals surface area contributed by atoms with Crippen LogP contribution in [0.3, 0.4) is 0 Å². The van der Waals surface area contributed by atoms with Crippen molar-refractivity contribution < 1.29 is 44.6 Å². The second kappa shape index (κ2) is 6.67. The predicted molar refractivity (Wildman–Crippen MR) is 65.9 cm³/mol. The van der Waals surface area contributed by atoms with Gasteiger partial charge in [-0.25, -0.2) is 4.79 Å². The first kappa shape index (κ1) is 17.8. The van der Waals surface area contributed by atoms with Gasteiger partial charge in [0.25, 0.3) is 5.79 Å². The molecule has 0 aromatic heterocycles. The third-order valence-electron chi connectivity index (χ3n) is 3.46. The van der Waals surface area contributed by atoms with E-state index in [0.29, 0.717) is 0 Å². The van der Waals surface area contributed by atoms with Gasteiger partial charge in [-0.2, -0.15) is 0 Å². The second-order valence-corrected chi connectivity index (χ2v) is 5.16. The van der Waals surface area contributed by atoms with Crippen molar-refractivity contribution in [1.29, 1.82) is 0 Å². The number of hydrogen-bond acceptors (Lipinski definition) is 8. The van der Waals surface area contributed by atoms with Crippen molar-refractivity contribution in [2.75, 3.05) is 6.61 Å². The van der Waals surface area contributed by atoms with Gasteiger partial charge in [0, 0.05) is 19.3 Å². The molecule has 0 bridgehead atoms. The topological polar surface area (TPSA) is 154 Å². The summed E-state index contributed by atoms with van der Waals surface area (Å²) >= 11 is 0. The van der Waals surface area contributed by atoms with E-state index in [2.05, 4.69) is 4.74 Å². The predicted octanol–water partition coefficient (Wildman–Crippen LogP) is -2.17. The Balaban J connectivity index is 2.82. The highest BCUT2D eigenvalue weighted by atomic mass is 16.7. The van der Waals surface area contributed by atoms with E-state index >= 15 is 0 Å². The highest BCUT2D eigenvalue weighted by Gasteiger charge is 2.52. The summed E-state index contributed by atoms with van der Waals surface area (Å²) in [4.78, 5) is 21.6. The fourth-order valence-electron chi connectivity index (χ4n) is 2.11. The number of carboxylic acids is 1. The minimum atomic E-state index is -2.65. The molecule has 0 spiro atoms. The number of aliphatic hydroxyl groups excluding tert-OH is 3. The molecule has 1 fully saturated rings. The Morgan fingerprint density at radius 2 is 2.00 bits per heavy atom. The van der Waals surface area contributed by atoms with Gasteiger partial charge in [-0.05, 0) is 0 Å². The molecule has 9 nitrogen and oxygen atoms in total. The molecule has 6 unspecified atom stereocenters. The van der Waals surface area contributed by atoms with Gasteiger partial charge in [0.2, 0.25) is 0 Å². The maximum absolute atomic E-state index is 11.0. The lowest BCUT2D eigenvalue weighted by Gasteiger charge is -2.43. The number of carboxylic acid groups (broad SMARTS) is 1. The van der Waals surface area contributed by atoms with Gasteiger partial charge in [0.1, 0.15) is 18.8 Å². The highest BCUT2D eigenvalue weighted by Crippen LogP contribution is 2.33. The molecule has 0 amide bonds. The van der Waals surface area contributed by atoms with Crippen molar-refractivity contribution in [3.05, 3.63) is 0 Å². The summed E-state index contributed by atoms with van der Waals surface area (Å²) in [6.07, 6.45) is -6.36. The molecule has 0 saturated carbocycles. The molecule has 1 heterocycles. The molecule has 1 aliphatic rings. The molecule has 0 radical (unpaired) electrons. The van der Waals surface area contributed by atoms with E-state index in [9.17, 15) is 30.0 Å². The summed E-state index contributed by atoms with van der Waals surface area (Å²) in [6, 6.07) is 0. The largest absolute Gasteiger partial charge is 0.477 e. The molecule has 1 saturated heterocycles. The molecule has 9 heteroatoms. The fourth-order valence-corrected chi connectivity index (χ4v) is 2.11. The number of esters is 1. The van der Waals surface area contributed by atoms with Gasteiger partial charge in [-0.15, -0.1) is 0 Å². The Labute approximate surface area is 120 Å². The first-order valence-electron chi connectivity index (χ1n) is 6.39.